The van der Waals surface area contributed by atoms with Crippen LogP contribution in [-0.4, -0.2) is 23.7 Å². The SMILES string of the molecule is CC(C)[C@H](NCc1ccc(OC(F)F)cc1)C(=O)O. The third-order valence-electron chi connectivity index (χ3n) is 2.61. The van der Waals surface area contributed by atoms with Crippen LogP contribution < -0.4 is 10.1 Å². The minimum atomic E-state index is -2.85. The number of nitrogens with one attached hydrogen (secondary N) is 1. The Labute approximate surface area is 110 Å². The minimum absolute atomic E-state index is 0.0426. The van der Waals surface area contributed by atoms with E-state index in [1.807, 2.05) is 13.8 Å². The second-order valence-corrected chi connectivity index (χ2v) is 4.46. The van der Waals surface area contributed by atoms with E-state index < -0.39 is 18.6 Å². The van der Waals surface area contributed by atoms with Crippen LogP contribution in [0.3, 0.4) is 0 Å². The lowest BCUT2D eigenvalue weighted by Gasteiger charge is -2.18. The van der Waals surface area contributed by atoms with E-state index >= 15 is 0 Å². The molecule has 0 aliphatic rings. The van der Waals surface area contributed by atoms with Crippen molar-refractivity contribution >= 4 is 5.97 Å². The molecule has 0 radical (unpaired) electrons. The number of aliphatic carboxylic acids is 1. The number of carboxylic acid groups (broad SMARTS) is 1. The number of alkyl halides is 2. The summed E-state index contributed by atoms with van der Waals surface area (Å²) < 4.78 is 28.1. The van der Waals surface area contributed by atoms with Crippen LogP contribution in [0.25, 0.3) is 0 Å². The van der Waals surface area contributed by atoms with Crippen molar-refractivity contribution in [3.63, 3.8) is 0 Å². The molecule has 6 heteroatoms. The molecule has 0 unspecified atom stereocenters. The van der Waals surface area contributed by atoms with Gasteiger partial charge >= 0.3 is 12.6 Å². The number of ether oxygens (including phenoxy) is 1. The van der Waals surface area contributed by atoms with Crippen molar-refractivity contribution in [2.45, 2.75) is 33.0 Å². The fourth-order valence-electron chi connectivity index (χ4n) is 1.62. The molecule has 1 rings (SSSR count). The first-order chi connectivity index (χ1) is 8.90. The van der Waals surface area contributed by atoms with Gasteiger partial charge in [0.15, 0.2) is 0 Å². The fourth-order valence-corrected chi connectivity index (χ4v) is 1.62. The van der Waals surface area contributed by atoms with Crippen LogP contribution in [0.2, 0.25) is 0 Å². The summed E-state index contributed by atoms with van der Waals surface area (Å²) in [5.41, 5.74) is 0.800. The summed E-state index contributed by atoms with van der Waals surface area (Å²) in [6.45, 7) is 1.13. The zero-order valence-corrected chi connectivity index (χ0v) is 10.8. The van der Waals surface area contributed by atoms with Gasteiger partial charge in [0.2, 0.25) is 0 Å². The molecule has 1 aromatic rings. The predicted molar refractivity (Wildman–Crippen MR) is 66.2 cm³/mol. The smallest absolute Gasteiger partial charge is 0.387 e. The number of benzene rings is 1. The molecule has 1 atom stereocenters. The van der Waals surface area contributed by atoms with Crippen molar-refractivity contribution in [3.05, 3.63) is 29.8 Å². The van der Waals surface area contributed by atoms with Gasteiger partial charge in [-0.2, -0.15) is 8.78 Å². The Morgan fingerprint density at radius 1 is 1.32 bits per heavy atom. The Kier molecular flexibility index (Phi) is 5.69. The maximum Gasteiger partial charge on any atom is 0.387 e. The number of carboxylic acids is 1. The summed E-state index contributed by atoms with van der Waals surface area (Å²) in [7, 11) is 0. The van der Waals surface area contributed by atoms with Crippen molar-refractivity contribution in [1.82, 2.24) is 5.32 Å². The zero-order chi connectivity index (χ0) is 14.4. The van der Waals surface area contributed by atoms with Crippen molar-refractivity contribution < 1.29 is 23.4 Å². The van der Waals surface area contributed by atoms with Crippen LogP contribution in [0.5, 0.6) is 5.75 Å². The molecule has 0 bridgehead atoms. The number of hydrogen-bond acceptors (Lipinski definition) is 3. The monoisotopic (exact) mass is 273 g/mol. The molecule has 0 saturated carbocycles. The van der Waals surface area contributed by atoms with E-state index in [9.17, 15) is 13.6 Å². The Bertz CT molecular complexity index is 407. The molecule has 0 aliphatic heterocycles. The Balaban J connectivity index is 2.56. The largest absolute Gasteiger partial charge is 0.480 e. The molecule has 106 valence electrons. The van der Waals surface area contributed by atoms with Gasteiger partial charge in [-0.3, -0.25) is 4.79 Å². The Hall–Kier alpha value is -1.69. The van der Waals surface area contributed by atoms with Gasteiger partial charge in [-0.25, -0.2) is 0 Å². The molecule has 0 aromatic heterocycles. The second kappa shape index (κ2) is 7.04. The summed E-state index contributed by atoms with van der Waals surface area (Å²) in [4.78, 5) is 11.0. The van der Waals surface area contributed by atoms with Crippen molar-refractivity contribution in [3.8, 4) is 5.75 Å². The van der Waals surface area contributed by atoms with E-state index in [2.05, 4.69) is 10.1 Å². The topological polar surface area (TPSA) is 58.6 Å². The lowest BCUT2D eigenvalue weighted by molar-refractivity contribution is -0.140. The maximum atomic E-state index is 12.0. The molecule has 0 heterocycles. The maximum absolute atomic E-state index is 12.0. The summed E-state index contributed by atoms with van der Waals surface area (Å²) >= 11 is 0. The highest BCUT2D eigenvalue weighted by molar-refractivity contribution is 5.73. The highest BCUT2D eigenvalue weighted by Gasteiger charge is 2.20. The first kappa shape index (κ1) is 15.4. The molecular formula is C13H17F2NO3. The highest BCUT2D eigenvalue weighted by Crippen LogP contribution is 2.15. The quantitative estimate of drug-likeness (QED) is 0.801. The van der Waals surface area contributed by atoms with E-state index in [-0.39, 0.29) is 11.7 Å². The Morgan fingerprint density at radius 3 is 2.32 bits per heavy atom. The van der Waals surface area contributed by atoms with Gasteiger partial charge in [-0.05, 0) is 23.6 Å². The number of hydrogen-bond donors (Lipinski definition) is 2. The Morgan fingerprint density at radius 2 is 1.89 bits per heavy atom. The fraction of sp³-hybridized carbons (Fsp3) is 0.462. The van der Waals surface area contributed by atoms with Gasteiger partial charge in [-0.1, -0.05) is 26.0 Å². The molecule has 4 nitrogen and oxygen atoms in total. The molecule has 0 aliphatic carbocycles. The van der Waals surface area contributed by atoms with Crippen LogP contribution >= 0.6 is 0 Å². The van der Waals surface area contributed by atoms with Gasteiger partial charge in [0.1, 0.15) is 11.8 Å². The molecule has 0 spiro atoms. The second-order valence-electron chi connectivity index (χ2n) is 4.46. The molecule has 0 saturated heterocycles. The van der Waals surface area contributed by atoms with Crippen LogP contribution in [0.1, 0.15) is 19.4 Å². The third kappa shape index (κ3) is 5.21. The van der Waals surface area contributed by atoms with Crippen molar-refractivity contribution in [2.24, 2.45) is 5.92 Å². The lowest BCUT2D eigenvalue weighted by Crippen LogP contribution is -2.40. The van der Waals surface area contributed by atoms with Gasteiger partial charge in [0, 0.05) is 6.54 Å². The first-order valence-electron chi connectivity index (χ1n) is 5.90. The summed E-state index contributed by atoms with van der Waals surface area (Å²) in [5.74, 6) is -0.871. The standard InChI is InChI=1S/C13H17F2NO3/c1-8(2)11(12(17)18)16-7-9-3-5-10(6-4-9)19-13(14)15/h3-6,8,11,13,16H,7H2,1-2H3,(H,17,18)/t11-/m0/s1. The number of carbonyl (C=O) groups is 1. The number of rotatable bonds is 7. The number of halogens is 2. The average Bonchev–Trinajstić information content (AvgIpc) is 2.29. The van der Waals surface area contributed by atoms with E-state index in [0.717, 1.165) is 5.56 Å². The first-order valence-corrected chi connectivity index (χ1v) is 5.90. The van der Waals surface area contributed by atoms with E-state index in [1.165, 1.54) is 12.1 Å². The van der Waals surface area contributed by atoms with Crippen LogP contribution in [0.15, 0.2) is 24.3 Å². The normalized spacial score (nSPS) is 12.7. The van der Waals surface area contributed by atoms with Crippen LogP contribution in [0.4, 0.5) is 8.78 Å². The molecule has 0 fully saturated rings. The van der Waals surface area contributed by atoms with E-state index in [0.29, 0.717) is 6.54 Å². The van der Waals surface area contributed by atoms with Gasteiger partial charge in [-0.15, -0.1) is 0 Å². The predicted octanol–water partition coefficient (Wildman–Crippen LogP) is 2.49. The average molecular weight is 273 g/mol. The third-order valence-corrected chi connectivity index (χ3v) is 2.61. The molecule has 1 aromatic carbocycles. The van der Waals surface area contributed by atoms with Crippen molar-refractivity contribution in [1.29, 1.82) is 0 Å². The lowest BCUT2D eigenvalue weighted by atomic mass is 10.0. The van der Waals surface area contributed by atoms with Crippen LogP contribution in [-0.2, 0) is 11.3 Å². The van der Waals surface area contributed by atoms with Gasteiger partial charge in [0.25, 0.3) is 0 Å². The van der Waals surface area contributed by atoms with Gasteiger partial charge in [0.05, 0.1) is 0 Å². The van der Waals surface area contributed by atoms with E-state index in [4.69, 9.17) is 5.11 Å². The van der Waals surface area contributed by atoms with E-state index in [1.54, 1.807) is 12.1 Å². The summed E-state index contributed by atoms with van der Waals surface area (Å²) in [5, 5.41) is 11.9. The van der Waals surface area contributed by atoms with Crippen molar-refractivity contribution in [2.75, 3.05) is 0 Å². The molecule has 2 N–H and O–H groups in total. The summed E-state index contributed by atoms with van der Waals surface area (Å²) in [6.07, 6.45) is 0. The minimum Gasteiger partial charge on any atom is -0.480 e. The zero-order valence-electron chi connectivity index (χ0n) is 10.8. The molecule has 0 amide bonds. The van der Waals surface area contributed by atoms with Crippen LogP contribution in [0, 0.1) is 5.92 Å². The molecular weight excluding hydrogens is 256 g/mol. The van der Waals surface area contributed by atoms with Gasteiger partial charge < -0.3 is 15.2 Å². The molecule has 19 heavy (non-hydrogen) atoms. The summed E-state index contributed by atoms with van der Waals surface area (Å²) in [6, 6.07) is 5.44. The highest BCUT2D eigenvalue weighted by atomic mass is 19.3.